The minimum atomic E-state index is 0.0284. The maximum atomic E-state index is 10.3. The molecule has 0 saturated carbocycles. The van der Waals surface area contributed by atoms with Crippen molar-refractivity contribution in [2.45, 2.75) is 33.7 Å². The van der Waals surface area contributed by atoms with Crippen LogP contribution in [0.5, 0.6) is 11.5 Å². The monoisotopic (exact) mass is 294 g/mol. The van der Waals surface area contributed by atoms with Crippen LogP contribution >= 0.6 is 0 Å². The van der Waals surface area contributed by atoms with Gasteiger partial charge in [-0.25, -0.2) is 0 Å². The van der Waals surface area contributed by atoms with Crippen molar-refractivity contribution >= 4 is 0 Å². The van der Waals surface area contributed by atoms with E-state index in [4.69, 9.17) is 10.5 Å². The SMILES string of the molecule is COc1ccc(C(CN)N(CC(C)C)CC(C)C)c(O)c1. The molecule has 0 aliphatic heterocycles. The van der Waals surface area contributed by atoms with E-state index in [9.17, 15) is 5.11 Å². The van der Waals surface area contributed by atoms with Crippen molar-refractivity contribution in [2.75, 3.05) is 26.7 Å². The molecular formula is C17H30N2O2. The number of aromatic hydroxyl groups is 1. The molecule has 0 aromatic heterocycles. The normalized spacial score (nSPS) is 13.2. The summed E-state index contributed by atoms with van der Waals surface area (Å²) in [6.45, 7) is 11.2. The molecule has 4 nitrogen and oxygen atoms in total. The third kappa shape index (κ3) is 5.21. The molecule has 0 aliphatic carbocycles. The molecule has 1 rings (SSSR count). The number of nitrogens with two attached hydrogens (primary N) is 1. The molecular weight excluding hydrogens is 264 g/mol. The average Bonchev–Trinajstić information content (AvgIpc) is 2.39. The Bertz CT molecular complexity index is 423. The molecule has 3 N–H and O–H groups in total. The fourth-order valence-electron chi connectivity index (χ4n) is 2.67. The number of rotatable bonds is 8. The van der Waals surface area contributed by atoms with Crippen molar-refractivity contribution in [3.63, 3.8) is 0 Å². The highest BCUT2D eigenvalue weighted by Gasteiger charge is 2.23. The van der Waals surface area contributed by atoms with Gasteiger partial charge >= 0.3 is 0 Å². The van der Waals surface area contributed by atoms with Crippen LogP contribution in [0.2, 0.25) is 0 Å². The fourth-order valence-corrected chi connectivity index (χ4v) is 2.67. The van der Waals surface area contributed by atoms with Crippen LogP contribution in [0, 0.1) is 11.8 Å². The number of phenolic OH excluding ortho intramolecular Hbond substituents is 1. The third-order valence-electron chi connectivity index (χ3n) is 3.46. The quantitative estimate of drug-likeness (QED) is 0.774. The van der Waals surface area contributed by atoms with Crippen LogP contribution in [0.3, 0.4) is 0 Å². The van der Waals surface area contributed by atoms with Gasteiger partial charge in [-0.15, -0.1) is 0 Å². The van der Waals surface area contributed by atoms with E-state index in [0.29, 0.717) is 24.1 Å². The predicted octanol–water partition coefficient (Wildman–Crippen LogP) is 3.01. The summed E-state index contributed by atoms with van der Waals surface area (Å²) in [6, 6.07) is 5.47. The molecule has 0 radical (unpaired) electrons. The molecule has 0 saturated heterocycles. The van der Waals surface area contributed by atoms with Crippen molar-refractivity contribution in [1.82, 2.24) is 4.90 Å². The Balaban J connectivity index is 3.06. The maximum absolute atomic E-state index is 10.3. The Hall–Kier alpha value is -1.26. The highest BCUT2D eigenvalue weighted by Crippen LogP contribution is 2.32. The van der Waals surface area contributed by atoms with Crippen LogP contribution in [0.4, 0.5) is 0 Å². The number of hydrogen-bond donors (Lipinski definition) is 2. The second kappa shape index (κ2) is 8.25. The lowest BCUT2D eigenvalue weighted by Gasteiger charge is -2.34. The van der Waals surface area contributed by atoms with Crippen LogP contribution in [-0.4, -0.2) is 36.8 Å². The van der Waals surface area contributed by atoms with Gasteiger partial charge in [0, 0.05) is 31.3 Å². The lowest BCUT2D eigenvalue weighted by Crippen LogP contribution is -2.38. The summed E-state index contributed by atoms with van der Waals surface area (Å²) in [5.41, 5.74) is 6.89. The molecule has 0 aliphatic rings. The molecule has 1 aromatic rings. The molecule has 1 unspecified atom stereocenters. The topological polar surface area (TPSA) is 58.7 Å². The van der Waals surface area contributed by atoms with E-state index in [0.717, 1.165) is 18.7 Å². The molecule has 4 heteroatoms. The van der Waals surface area contributed by atoms with E-state index in [-0.39, 0.29) is 11.8 Å². The Morgan fingerprint density at radius 1 is 1.14 bits per heavy atom. The average molecular weight is 294 g/mol. The molecule has 120 valence electrons. The number of nitrogens with zero attached hydrogens (tertiary/aromatic N) is 1. The van der Waals surface area contributed by atoms with Crippen LogP contribution in [-0.2, 0) is 0 Å². The first-order valence-electron chi connectivity index (χ1n) is 7.70. The minimum Gasteiger partial charge on any atom is -0.507 e. The summed E-state index contributed by atoms with van der Waals surface area (Å²) >= 11 is 0. The van der Waals surface area contributed by atoms with Crippen LogP contribution in [0.1, 0.15) is 39.3 Å². The van der Waals surface area contributed by atoms with E-state index in [1.165, 1.54) is 0 Å². The molecule has 0 amide bonds. The summed E-state index contributed by atoms with van der Waals surface area (Å²) in [5, 5.41) is 10.3. The molecule has 21 heavy (non-hydrogen) atoms. The van der Waals surface area contributed by atoms with Crippen molar-refractivity contribution in [1.29, 1.82) is 0 Å². The predicted molar refractivity (Wildman–Crippen MR) is 87.7 cm³/mol. The zero-order valence-electron chi connectivity index (χ0n) is 14.0. The van der Waals surface area contributed by atoms with E-state index in [2.05, 4.69) is 32.6 Å². The first-order chi connectivity index (χ1) is 9.88. The summed E-state index contributed by atoms with van der Waals surface area (Å²) < 4.78 is 5.15. The second-order valence-electron chi connectivity index (χ2n) is 6.42. The molecule has 0 heterocycles. The van der Waals surface area contributed by atoms with E-state index < -0.39 is 0 Å². The lowest BCUT2D eigenvalue weighted by atomic mass is 10.0. The van der Waals surface area contributed by atoms with Gasteiger partial charge in [-0.2, -0.15) is 0 Å². The first-order valence-corrected chi connectivity index (χ1v) is 7.70. The van der Waals surface area contributed by atoms with Gasteiger partial charge in [0.2, 0.25) is 0 Å². The molecule has 0 bridgehead atoms. The number of benzene rings is 1. The van der Waals surface area contributed by atoms with Gasteiger partial charge in [-0.1, -0.05) is 33.8 Å². The molecule has 0 fully saturated rings. The van der Waals surface area contributed by atoms with Crippen LogP contribution in [0.25, 0.3) is 0 Å². The van der Waals surface area contributed by atoms with Gasteiger partial charge in [0.25, 0.3) is 0 Å². The Labute approximate surface area is 128 Å². The lowest BCUT2D eigenvalue weighted by molar-refractivity contribution is 0.158. The Morgan fingerprint density at radius 3 is 2.10 bits per heavy atom. The van der Waals surface area contributed by atoms with Crippen LogP contribution < -0.4 is 10.5 Å². The van der Waals surface area contributed by atoms with Crippen molar-refractivity contribution in [3.05, 3.63) is 23.8 Å². The van der Waals surface area contributed by atoms with Crippen molar-refractivity contribution in [3.8, 4) is 11.5 Å². The minimum absolute atomic E-state index is 0.0284. The largest absolute Gasteiger partial charge is 0.507 e. The number of phenols is 1. The summed E-state index contributed by atoms with van der Waals surface area (Å²) in [5.74, 6) is 2.02. The van der Waals surface area contributed by atoms with Crippen LogP contribution in [0.15, 0.2) is 18.2 Å². The highest BCUT2D eigenvalue weighted by molar-refractivity contribution is 5.41. The van der Waals surface area contributed by atoms with E-state index in [1.54, 1.807) is 13.2 Å². The Kier molecular flexibility index (Phi) is 6.99. The summed E-state index contributed by atoms with van der Waals surface area (Å²) in [7, 11) is 1.60. The number of ether oxygens (including phenoxy) is 1. The number of methoxy groups -OCH3 is 1. The highest BCUT2D eigenvalue weighted by atomic mass is 16.5. The zero-order chi connectivity index (χ0) is 16.0. The van der Waals surface area contributed by atoms with Crippen molar-refractivity contribution < 1.29 is 9.84 Å². The van der Waals surface area contributed by atoms with E-state index >= 15 is 0 Å². The molecule has 0 spiro atoms. The van der Waals surface area contributed by atoms with Gasteiger partial charge in [-0.3, -0.25) is 4.90 Å². The van der Waals surface area contributed by atoms with Gasteiger partial charge in [0.15, 0.2) is 0 Å². The molecule has 1 atom stereocenters. The maximum Gasteiger partial charge on any atom is 0.124 e. The smallest absolute Gasteiger partial charge is 0.124 e. The molecule has 1 aromatic carbocycles. The van der Waals surface area contributed by atoms with Gasteiger partial charge in [0.05, 0.1) is 13.2 Å². The summed E-state index contributed by atoms with van der Waals surface area (Å²) in [4.78, 5) is 2.37. The van der Waals surface area contributed by atoms with Gasteiger partial charge in [-0.05, 0) is 17.9 Å². The second-order valence-corrected chi connectivity index (χ2v) is 6.42. The fraction of sp³-hybridized carbons (Fsp3) is 0.647. The van der Waals surface area contributed by atoms with Gasteiger partial charge in [0.1, 0.15) is 11.5 Å². The Morgan fingerprint density at radius 2 is 1.71 bits per heavy atom. The van der Waals surface area contributed by atoms with E-state index in [1.807, 2.05) is 12.1 Å². The van der Waals surface area contributed by atoms with Gasteiger partial charge < -0.3 is 15.6 Å². The van der Waals surface area contributed by atoms with Crippen molar-refractivity contribution in [2.24, 2.45) is 17.6 Å². The number of hydrogen-bond acceptors (Lipinski definition) is 4. The zero-order valence-corrected chi connectivity index (χ0v) is 14.0. The first kappa shape index (κ1) is 17.8. The summed E-state index contributed by atoms with van der Waals surface area (Å²) in [6.07, 6.45) is 0. The third-order valence-corrected chi connectivity index (χ3v) is 3.46. The standard InChI is InChI=1S/C17H30N2O2/c1-12(2)10-19(11-13(3)4)16(9-18)15-7-6-14(21-5)8-17(15)20/h6-8,12-13,16,20H,9-11,18H2,1-5H3.